The Labute approximate surface area is 128 Å². The summed E-state index contributed by atoms with van der Waals surface area (Å²) in [5.41, 5.74) is 0.950. The number of aliphatic hydroxyl groups is 1. The summed E-state index contributed by atoms with van der Waals surface area (Å²) >= 11 is 0. The lowest BCUT2D eigenvalue weighted by atomic mass is 10.1. The summed E-state index contributed by atoms with van der Waals surface area (Å²) < 4.78 is 36.5. The van der Waals surface area contributed by atoms with E-state index in [-0.39, 0.29) is 24.9 Å². The van der Waals surface area contributed by atoms with Gasteiger partial charge in [0.25, 0.3) is 5.91 Å². The molecule has 0 aliphatic rings. The van der Waals surface area contributed by atoms with Gasteiger partial charge in [0.05, 0.1) is 6.10 Å². The number of nitrogens with zero attached hydrogens (tertiary/aromatic N) is 1. The summed E-state index contributed by atoms with van der Waals surface area (Å²) in [5.74, 6) is -0.238. The predicted molar refractivity (Wildman–Crippen MR) is 78.7 cm³/mol. The fourth-order valence-electron chi connectivity index (χ4n) is 2.08. The van der Waals surface area contributed by atoms with Crippen molar-refractivity contribution in [3.8, 4) is 0 Å². The molecule has 0 aromatic heterocycles. The molecule has 1 unspecified atom stereocenters. The fraction of sp³-hybridized carbons (Fsp3) is 0.562. The molecule has 22 heavy (non-hydrogen) atoms. The number of rotatable bonds is 6. The van der Waals surface area contributed by atoms with Crippen LogP contribution >= 0.6 is 0 Å². The highest BCUT2D eigenvalue weighted by molar-refractivity contribution is 5.94. The van der Waals surface area contributed by atoms with E-state index in [4.69, 9.17) is 0 Å². The van der Waals surface area contributed by atoms with Gasteiger partial charge < -0.3 is 10.0 Å². The topological polar surface area (TPSA) is 40.5 Å². The molecule has 0 fully saturated rings. The van der Waals surface area contributed by atoms with Crippen LogP contribution in [-0.2, 0) is 6.42 Å². The quantitative estimate of drug-likeness (QED) is 0.873. The normalized spacial score (nSPS) is 13.3. The van der Waals surface area contributed by atoms with E-state index in [1.807, 2.05) is 13.8 Å². The minimum absolute atomic E-state index is 0.0768. The summed E-state index contributed by atoms with van der Waals surface area (Å²) in [7, 11) is 0. The number of benzene rings is 1. The van der Waals surface area contributed by atoms with Crippen molar-refractivity contribution >= 4 is 5.91 Å². The van der Waals surface area contributed by atoms with Crippen LogP contribution in [0, 0.1) is 0 Å². The predicted octanol–water partition coefficient (Wildman–Crippen LogP) is 3.41. The van der Waals surface area contributed by atoms with E-state index in [1.54, 1.807) is 19.1 Å². The first-order valence-electron chi connectivity index (χ1n) is 7.25. The lowest BCUT2D eigenvalue weighted by Gasteiger charge is -2.28. The molecule has 0 saturated carbocycles. The number of alkyl halides is 3. The molecule has 0 aliphatic heterocycles. The molecule has 6 heteroatoms. The number of halogens is 3. The first-order valence-corrected chi connectivity index (χ1v) is 7.25. The van der Waals surface area contributed by atoms with Crippen molar-refractivity contribution in [3.05, 3.63) is 35.4 Å². The van der Waals surface area contributed by atoms with Gasteiger partial charge in [0.2, 0.25) is 0 Å². The SMILES string of the molecule is CC(O)CN(C(=O)c1ccc(CCC(F)(F)F)cc1)C(C)C. The van der Waals surface area contributed by atoms with Gasteiger partial charge in [-0.05, 0) is 44.9 Å². The molecule has 124 valence electrons. The largest absolute Gasteiger partial charge is 0.392 e. The van der Waals surface area contributed by atoms with Gasteiger partial charge in [0.15, 0.2) is 0 Å². The molecule has 1 amide bonds. The molecule has 1 N–H and O–H groups in total. The Hall–Kier alpha value is -1.56. The number of carbonyl (C=O) groups excluding carboxylic acids is 1. The minimum Gasteiger partial charge on any atom is -0.392 e. The van der Waals surface area contributed by atoms with E-state index in [1.165, 1.54) is 17.0 Å². The van der Waals surface area contributed by atoms with Crippen molar-refractivity contribution in [1.82, 2.24) is 4.90 Å². The lowest BCUT2D eigenvalue weighted by Crippen LogP contribution is -2.41. The third-order valence-corrected chi connectivity index (χ3v) is 3.24. The average Bonchev–Trinajstić information content (AvgIpc) is 2.41. The lowest BCUT2D eigenvalue weighted by molar-refractivity contribution is -0.134. The second kappa shape index (κ2) is 7.63. The first kappa shape index (κ1) is 18.5. The van der Waals surface area contributed by atoms with Gasteiger partial charge in [0, 0.05) is 24.6 Å². The third-order valence-electron chi connectivity index (χ3n) is 3.24. The number of carbonyl (C=O) groups is 1. The van der Waals surface area contributed by atoms with E-state index in [2.05, 4.69) is 0 Å². The van der Waals surface area contributed by atoms with Gasteiger partial charge in [0.1, 0.15) is 0 Å². The van der Waals surface area contributed by atoms with Crippen LogP contribution in [0.3, 0.4) is 0 Å². The van der Waals surface area contributed by atoms with Crippen LogP contribution < -0.4 is 0 Å². The van der Waals surface area contributed by atoms with Crippen molar-refractivity contribution in [2.75, 3.05) is 6.54 Å². The zero-order valence-corrected chi connectivity index (χ0v) is 13.0. The van der Waals surface area contributed by atoms with Crippen LogP contribution in [0.2, 0.25) is 0 Å². The Morgan fingerprint density at radius 2 is 1.73 bits per heavy atom. The molecule has 0 bridgehead atoms. The third kappa shape index (κ3) is 6.05. The van der Waals surface area contributed by atoms with E-state index >= 15 is 0 Å². The van der Waals surface area contributed by atoms with Gasteiger partial charge in [-0.25, -0.2) is 0 Å². The second-order valence-corrected chi connectivity index (χ2v) is 5.71. The Kier molecular flexibility index (Phi) is 6.41. The van der Waals surface area contributed by atoms with Crippen molar-refractivity contribution in [2.45, 2.75) is 51.9 Å². The van der Waals surface area contributed by atoms with Crippen LogP contribution in [0.1, 0.15) is 43.1 Å². The van der Waals surface area contributed by atoms with Crippen LogP contribution in [0.5, 0.6) is 0 Å². The standard InChI is InChI=1S/C16H22F3NO2/c1-11(2)20(10-12(3)21)15(22)14-6-4-13(5-7-14)8-9-16(17,18)19/h4-7,11-12,21H,8-10H2,1-3H3. The molecule has 1 aromatic carbocycles. The molecular formula is C16H22F3NO2. The molecule has 0 spiro atoms. The van der Waals surface area contributed by atoms with Crippen molar-refractivity contribution in [3.63, 3.8) is 0 Å². The molecule has 3 nitrogen and oxygen atoms in total. The number of hydrogen-bond acceptors (Lipinski definition) is 2. The second-order valence-electron chi connectivity index (χ2n) is 5.71. The molecule has 0 radical (unpaired) electrons. The summed E-state index contributed by atoms with van der Waals surface area (Å²) in [6.45, 7) is 5.51. The summed E-state index contributed by atoms with van der Waals surface area (Å²) in [6, 6.07) is 6.07. The number of aliphatic hydroxyl groups excluding tert-OH is 1. The highest BCUT2D eigenvalue weighted by atomic mass is 19.4. The number of amides is 1. The Morgan fingerprint density at radius 1 is 1.18 bits per heavy atom. The van der Waals surface area contributed by atoms with Gasteiger partial charge in [-0.1, -0.05) is 12.1 Å². The number of hydrogen-bond donors (Lipinski definition) is 1. The summed E-state index contributed by atoms with van der Waals surface area (Å²) in [4.78, 5) is 13.9. The van der Waals surface area contributed by atoms with E-state index in [9.17, 15) is 23.1 Å². The molecule has 1 aromatic rings. The molecule has 0 saturated heterocycles. The van der Waals surface area contributed by atoms with Gasteiger partial charge in [-0.15, -0.1) is 0 Å². The number of aryl methyl sites for hydroxylation is 1. The van der Waals surface area contributed by atoms with E-state index < -0.39 is 18.7 Å². The summed E-state index contributed by atoms with van der Waals surface area (Å²) in [5, 5.41) is 9.46. The maximum atomic E-state index is 12.4. The maximum Gasteiger partial charge on any atom is 0.389 e. The Balaban J connectivity index is 2.77. The molecular weight excluding hydrogens is 295 g/mol. The highest BCUT2D eigenvalue weighted by Gasteiger charge is 2.26. The van der Waals surface area contributed by atoms with Gasteiger partial charge >= 0.3 is 6.18 Å². The van der Waals surface area contributed by atoms with Crippen LogP contribution in [0.4, 0.5) is 13.2 Å². The molecule has 1 rings (SSSR count). The van der Waals surface area contributed by atoms with Crippen molar-refractivity contribution in [2.24, 2.45) is 0 Å². The molecule has 1 atom stereocenters. The zero-order valence-electron chi connectivity index (χ0n) is 13.0. The van der Waals surface area contributed by atoms with Crippen LogP contribution in [0.15, 0.2) is 24.3 Å². The van der Waals surface area contributed by atoms with Gasteiger partial charge in [-0.3, -0.25) is 4.79 Å². The zero-order chi connectivity index (χ0) is 16.9. The Bertz CT molecular complexity index is 481. The van der Waals surface area contributed by atoms with Crippen molar-refractivity contribution in [1.29, 1.82) is 0 Å². The van der Waals surface area contributed by atoms with Gasteiger partial charge in [-0.2, -0.15) is 13.2 Å². The Morgan fingerprint density at radius 3 is 2.14 bits per heavy atom. The van der Waals surface area contributed by atoms with Crippen molar-refractivity contribution < 1.29 is 23.1 Å². The fourth-order valence-corrected chi connectivity index (χ4v) is 2.08. The average molecular weight is 317 g/mol. The molecule has 0 aliphatic carbocycles. The van der Waals surface area contributed by atoms with Crippen LogP contribution in [-0.4, -0.2) is 40.8 Å². The first-order chi connectivity index (χ1) is 10.1. The molecule has 0 heterocycles. The van der Waals surface area contributed by atoms with Crippen LogP contribution in [0.25, 0.3) is 0 Å². The van der Waals surface area contributed by atoms with E-state index in [0.717, 1.165) is 0 Å². The monoisotopic (exact) mass is 317 g/mol. The smallest absolute Gasteiger partial charge is 0.389 e. The summed E-state index contributed by atoms with van der Waals surface area (Å²) in [6.07, 6.45) is -5.79. The minimum atomic E-state index is -4.18. The van der Waals surface area contributed by atoms with E-state index in [0.29, 0.717) is 11.1 Å². The maximum absolute atomic E-state index is 12.4. The highest BCUT2D eigenvalue weighted by Crippen LogP contribution is 2.22.